The van der Waals surface area contributed by atoms with E-state index >= 15 is 0 Å². The van der Waals surface area contributed by atoms with Crippen molar-refractivity contribution in [2.24, 2.45) is 0 Å². The van der Waals surface area contributed by atoms with Crippen LogP contribution in [0, 0.1) is 11.6 Å². The van der Waals surface area contributed by atoms with Gasteiger partial charge in [0.05, 0.1) is 11.1 Å². The SMILES string of the molecule is O=S(=O)(c1ccc(F)cc1)n1ncc(-c2ccc(F)cc2)n1. The highest BCUT2D eigenvalue weighted by Crippen LogP contribution is 2.18. The zero-order valence-corrected chi connectivity index (χ0v) is 11.8. The summed E-state index contributed by atoms with van der Waals surface area (Å²) in [6.45, 7) is 0. The van der Waals surface area contributed by atoms with E-state index in [-0.39, 0.29) is 10.6 Å². The van der Waals surface area contributed by atoms with Crippen LogP contribution in [0.3, 0.4) is 0 Å². The standard InChI is InChI=1S/C14H9F2N3O2S/c15-11-3-1-10(2-4-11)14-9-17-19(18-14)22(20,21)13-7-5-12(16)6-8-13/h1-9H. The van der Waals surface area contributed by atoms with Crippen LogP contribution in [0.15, 0.2) is 59.6 Å². The lowest BCUT2D eigenvalue weighted by Gasteiger charge is -2.02. The van der Waals surface area contributed by atoms with E-state index in [1.807, 2.05) is 0 Å². The van der Waals surface area contributed by atoms with Crippen molar-refractivity contribution < 1.29 is 17.2 Å². The fourth-order valence-electron chi connectivity index (χ4n) is 1.82. The predicted molar refractivity (Wildman–Crippen MR) is 74.4 cm³/mol. The second kappa shape index (κ2) is 5.30. The smallest absolute Gasteiger partial charge is 0.207 e. The Balaban J connectivity index is 1.99. The predicted octanol–water partition coefficient (Wildman–Crippen LogP) is 2.46. The molecule has 2 aromatic carbocycles. The molecule has 0 aliphatic carbocycles. The van der Waals surface area contributed by atoms with E-state index in [1.165, 1.54) is 30.5 Å². The maximum absolute atomic E-state index is 12.9. The molecule has 0 radical (unpaired) electrons. The van der Waals surface area contributed by atoms with Crippen molar-refractivity contribution >= 4 is 10.0 Å². The van der Waals surface area contributed by atoms with E-state index in [0.29, 0.717) is 9.77 Å². The summed E-state index contributed by atoms with van der Waals surface area (Å²) in [4.78, 5) is -0.129. The van der Waals surface area contributed by atoms with Crippen LogP contribution in [0.5, 0.6) is 0 Å². The highest BCUT2D eigenvalue weighted by Gasteiger charge is 2.20. The van der Waals surface area contributed by atoms with E-state index in [0.717, 1.165) is 24.3 Å². The Morgan fingerprint density at radius 3 is 2.00 bits per heavy atom. The topological polar surface area (TPSA) is 64.8 Å². The van der Waals surface area contributed by atoms with Crippen LogP contribution in [0.25, 0.3) is 11.3 Å². The molecule has 0 atom stereocenters. The third-order valence-corrected chi connectivity index (χ3v) is 4.41. The monoisotopic (exact) mass is 321 g/mol. The van der Waals surface area contributed by atoms with Crippen molar-refractivity contribution in [1.29, 1.82) is 0 Å². The van der Waals surface area contributed by atoms with Gasteiger partial charge in [0.1, 0.15) is 17.3 Å². The van der Waals surface area contributed by atoms with Gasteiger partial charge in [-0.15, -0.1) is 10.2 Å². The van der Waals surface area contributed by atoms with Gasteiger partial charge in [-0.3, -0.25) is 0 Å². The van der Waals surface area contributed by atoms with Crippen LogP contribution in [0.4, 0.5) is 8.78 Å². The summed E-state index contributed by atoms with van der Waals surface area (Å²) in [5, 5.41) is 7.60. The first kappa shape index (κ1) is 14.3. The number of nitrogens with zero attached hydrogens (tertiary/aromatic N) is 3. The lowest BCUT2D eigenvalue weighted by Crippen LogP contribution is -2.16. The molecule has 0 amide bonds. The lowest BCUT2D eigenvalue weighted by molar-refractivity contribution is 0.568. The quantitative estimate of drug-likeness (QED) is 0.743. The van der Waals surface area contributed by atoms with Crippen molar-refractivity contribution in [2.75, 3.05) is 0 Å². The Hall–Kier alpha value is -2.61. The summed E-state index contributed by atoms with van der Waals surface area (Å²) < 4.78 is 50.9. The maximum Gasteiger partial charge on any atom is 0.299 e. The summed E-state index contributed by atoms with van der Waals surface area (Å²) in [6, 6.07) is 9.75. The zero-order chi connectivity index (χ0) is 15.7. The normalized spacial score (nSPS) is 11.5. The van der Waals surface area contributed by atoms with Gasteiger partial charge in [0.2, 0.25) is 0 Å². The Labute approximate surface area is 124 Å². The van der Waals surface area contributed by atoms with Gasteiger partial charge in [0.15, 0.2) is 0 Å². The van der Waals surface area contributed by atoms with E-state index in [1.54, 1.807) is 0 Å². The summed E-state index contributed by atoms with van der Waals surface area (Å²) >= 11 is 0. The highest BCUT2D eigenvalue weighted by atomic mass is 32.2. The van der Waals surface area contributed by atoms with Crippen LogP contribution in [-0.4, -0.2) is 22.8 Å². The molecule has 0 aliphatic heterocycles. The van der Waals surface area contributed by atoms with Gasteiger partial charge >= 0.3 is 0 Å². The molecule has 0 fully saturated rings. The van der Waals surface area contributed by atoms with Gasteiger partial charge in [-0.05, 0) is 48.5 Å². The fourth-order valence-corrected chi connectivity index (χ4v) is 2.85. The molecule has 0 saturated carbocycles. The molecule has 3 rings (SSSR count). The molecule has 5 nitrogen and oxygen atoms in total. The van der Waals surface area contributed by atoms with Gasteiger partial charge in [-0.25, -0.2) is 8.78 Å². The first-order valence-corrected chi connectivity index (χ1v) is 7.60. The molecule has 0 spiro atoms. The summed E-state index contributed by atoms with van der Waals surface area (Å²) in [5.41, 5.74) is 0.813. The number of rotatable bonds is 3. The highest BCUT2D eigenvalue weighted by molar-refractivity contribution is 7.89. The number of halogens is 2. The Morgan fingerprint density at radius 1 is 0.864 bits per heavy atom. The Kier molecular flexibility index (Phi) is 3.45. The first-order chi connectivity index (χ1) is 10.5. The second-order valence-corrected chi connectivity index (χ2v) is 6.17. The van der Waals surface area contributed by atoms with Crippen LogP contribution < -0.4 is 0 Å². The van der Waals surface area contributed by atoms with Crippen molar-refractivity contribution in [2.45, 2.75) is 4.90 Å². The van der Waals surface area contributed by atoms with Gasteiger partial charge < -0.3 is 0 Å². The second-order valence-electron chi connectivity index (χ2n) is 4.42. The Bertz CT molecular complexity index is 904. The van der Waals surface area contributed by atoms with Crippen molar-refractivity contribution in [3.05, 3.63) is 66.4 Å². The van der Waals surface area contributed by atoms with Gasteiger partial charge in [-0.2, -0.15) is 8.42 Å². The third-order valence-electron chi connectivity index (χ3n) is 2.94. The minimum absolute atomic E-state index is 0.129. The molecule has 0 saturated heterocycles. The summed E-state index contributed by atoms with van der Waals surface area (Å²) in [5.74, 6) is -0.950. The fraction of sp³-hybridized carbons (Fsp3) is 0. The maximum atomic E-state index is 12.9. The minimum Gasteiger partial charge on any atom is -0.207 e. The van der Waals surface area contributed by atoms with Gasteiger partial charge in [-0.1, -0.05) is 4.20 Å². The average Bonchev–Trinajstić information content (AvgIpc) is 2.99. The van der Waals surface area contributed by atoms with E-state index in [2.05, 4.69) is 10.2 Å². The van der Waals surface area contributed by atoms with Gasteiger partial charge in [0, 0.05) is 5.56 Å². The molecule has 1 aromatic heterocycles. The summed E-state index contributed by atoms with van der Waals surface area (Å²) in [6.07, 6.45) is 1.26. The largest absolute Gasteiger partial charge is 0.299 e. The minimum atomic E-state index is -4.00. The average molecular weight is 321 g/mol. The van der Waals surface area contributed by atoms with E-state index < -0.39 is 21.7 Å². The number of hydrogen-bond donors (Lipinski definition) is 0. The number of aromatic nitrogens is 3. The molecular weight excluding hydrogens is 312 g/mol. The van der Waals surface area contributed by atoms with Crippen molar-refractivity contribution in [1.82, 2.24) is 14.4 Å². The zero-order valence-electron chi connectivity index (χ0n) is 11.0. The molecule has 0 N–H and O–H groups in total. The van der Waals surface area contributed by atoms with Gasteiger partial charge in [0.25, 0.3) is 10.0 Å². The molecule has 112 valence electrons. The van der Waals surface area contributed by atoms with Crippen LogP contribution >= 0.6 is 0 Å². The number of hydrogen-bond acceptors (Lipinski definition) is 4. The first-order valence-electron chi connectivity index (χ1n) is 6.16. The summed E-state index contributed by atoms with van der Waals surface area (Å²) in [7, 11) is -4.00. The molecule has 0 aliphatic rings. The van der Waals surface area contributed by atoms with Crippen LogP contribution in [0.1, 0.15) is 0 Å². The molecule has 8 heteroatoms. The molecule has 3 aromatic rings. The molecular formula is C14H9F2N3O2S. The third kappa shape index (κ3) is 2.60. The lowest BCUT2D eigenvalue weighted by atomic mass is 10.2. The number of benzene rings is 2. The van der Waals surface area contributed by atoms with Crippen LogP contribution in [0.2, 0.25) is 0 Å². The molecule has 1 heterocycles. The van der Waals surface area contributed by atoms with Crippen LogP contribution in [-0.2, 0) is 10.0 Å². The van der Waals surface area contributed by atoms with Crippen molar-refractivity contribution in [3.63, 3.8) is 0 Å². The van der Waals surface area contributed by atoms with Crippen molar-refractivity contribution in [3.8, 4) is 11.3 Å². The molecule has 22 heavy (non-hydrogen) atoms. The van der Waals surface area contributed by atoms with E-state index in [9.17, 15) is 17.2 Å². The molecule has 0 unspecified atom stereocenters. The molecule has 0 bridgehead atoms. The van der Waals surface area contributed by atoms with E-state index in [4.69, 9.17) is 0 Å². The Morgan fingerprint density at radius 2 is 1.41 bits per heavy atom.